The zero-order valence-electron chi connectivity index (χ0n) is 16.0. The third-order valence-electron chi connectivity index (χ3n) is 5.45. The van der Waals surface area contributed by atoms with Crippen molar-refractivity contribution in [2.24, 2.45) is 0 Å². The number of hydrogen-bond donors (Lipinski definition) is 2. The highest BCUT2D eigenvalue weighted by Crippen LogP contribution is 2.29. The Hall–Kier alpha value is -2.06. The molecule has 150 valence electrons. The van der Waals surface area contributed by atoms with Crippen molar-refractivity contribution < 1.29 is 23.8 Å². The number of aryl methyl sites for hydroxylation is 1. The second-order valence-corrected chi connectivity index (χ2v) is 7.17. The number of ether oxygens (including phenoxy) is 1. The Morgan fingerprint density at radius 2 is 2.11 bits per heavy atom. The van der Waals surface area contributed by atoms with Crippen molar-refractivity contribution in [1.82, 2.24) is 15.1 Å². The molecule has 1 aromatic rings. The van der Waals surface area contributed by atoms with Crippen LogP contribution in [-0.2, 0) is 16.0 Å². The highest BCUT2D eigenvalue weighted by atomic mass is 16.5. The highest BCUT2D eigenvalue weighted by Gasteiger charge is 2.37. The Bertz CT molecular complexity index is 656. The molecule has 8 nitrogen and oxygen atoms in total. The fraction of sp³-hybridized carbons (Fsp3) is 0.684. The van der Waals surface area contributed by atoms with Crippen LogP contribution in [0, 0.1) is 0 Å². The minimum Gasteiger partial charge on any atom is -0.480 e. The van der Waals surface area contributed by atoms with Crippen molar-refractivity contribution in [3.8, 4) is 0 Å². The van der Waals surface area contributed by atoms with Crippen molar-refractivity contribution in [3.05, 3.63) is 23.7 Å². The summed E-state index contributed by atoms with van der Waals surface area (Å²) in [5, 5.41) is 12.1. The number of aliphatic carboxylic acids is 1. The maximum absolute atomic E-state index is 12.8. The summed E-state index contributed by atoms with van der Waals surface area (Å²) in [4.78, 5) is 27.5. The van der Waals surface area contributed by atoms with Gasteiger partial charge >= 0.3 is 12.0 Å². The van der Waals surface area contributed by atoms with Crippen LogP contribution in [0.5, 0.6) is 0 Å². The average molecular weight is 379 g/mol. The quantitative estimate of drug-likeness (QED) is 0.751. The normalized spacial score (nSPS) is 25.3. The number of urea groups is 1. The molecule has 2 aliphatic rings. The summed E-state index contributed by atoms with van der Waals surface area (Å²) in [7, 11) is 0. The fourth-order valence-electron chi connectivity index (χ4n) is 3.78. The first-order valence-electron chi connectivity index (χ1n) is 9.71. The summed E-state index contributed by atoms with van der Waals surface area (Å²) >= 11 is 0. The fourth-order valence-corrected chi connectivity index (χ4v) is 3.78. The molecule has 1 saturated carbocycles. The van der Waals surface area contributed by atoms with Gasteiger partial charge in [0, 0.05) is 25.0 Å². The summed E-state index contributed by atoms with van der Waals surface area (Å²) in [6.45, 7) is 6.20. The van der Waals surface area contributed by atoms with Gasteiger partial charge in [0.2, 0.25) is 0 Å². The number of carbonyl (C=O) groups excluding carboxylic acids is 1. The Kier molecular flexibility index (Phi) is 6.38. The summed E-state index contributed by atoms with van der Waals surface area (Å²) in [5.74, 6) is 0.841. The lowest BCUT2D eigenvalue weighted by molar-refractivity contribution is -0.139. The first-order valence-corrected chi connectivity index (χ1v) is 9.71. The maximum atomic E-state index is 12.8. The van der Waals surface area contributed by atoms with Gasteiger partial charge in [0.05, 0.1) is 19.8 Å². The summed E-state index contributed by atoms with van der Waals surface area (Å²) in [5.41, 5.74) is 0. The van der Waals surface area contributed by atoms with Gasteiger partial charge in [-0.15, -0.1) is 0 Å². The molecule has 1 aliphatic heterocycles. The van der Waals surface area contributed by atoms with Gasteiger partial charge in [-0.1, -0.05) is 13.8 Å². The van der Waals surface area contributed by atoms with E-state index in [0.717, 1.165) is 30.8 Å². The van der Waals surface area contributed by atoms with Gasteiger partial charge in [0.25, 0.3) is 0 Å². The predicted molar refractivity (Wildman–Crippen MR) is 98.6 cm³/mol. The smallest absolute Gasteiger partial charge is 0.318 e. The standard InChI is InChI=1S/C19H29N3O5/c1-3-15-5-6-17(27-15)16-12-26-8-7-22(16)19(25)20-13-9-14(10-13)21(4-2)11-18(23)24/h5-6,13-14,16H,3-4,7-12H2,1-2H3,(H,20,25)(H,23,24). The average Bonchev–Trinajstić information content (AvgIpc) is 3.11. The van der Waals surface area contributed by atoms with E-state index >= 15 is 0 Å². The number of furan rings is 1. The number of carbonyl (C=O) groups is 2. The predicted octanol–water partition coefficient (Wildman–Crippen LogP) is 1.86. The van der Waals surface area contributed by atoms with E-state index in [1.54, 1.807) is 4.90 Å². The van der Waals surface area contributed by atoms with E-state index in [1.165, 1.54) is 0 Å². The molecular formula is C19H29N3O5. The second kappa shape index (κ2) is 8.75. The van der Waals surface area contributed by atoms with Crippen LogP contribution in [0.2, 0.25) is 0 Å². The molecule has 0 aromatic carbocycles. The van der Waals surface area contributed by atoms with Crippen molar-refractivity contribution in [3.63, 3.8) is 0 Å². The van der Waals surface area contributed by atoms with Crippen molar-refractivity contribution in [2.75, 3.05) is 32.8 Å². The molecule has 1 aromatic heterocycles. The number of rotatable bonds is 7. The Labute approximate surface area is 159 Å². The topological polar surface area (TPSA) is 95.2 Å². The number of nitrogens with zero attached hydrogens (tertiary/aromatic N) is 2. The second-order valence-electron chi connectivity index (χ2n) is 7.17. The number of nitrogens with one attached hydrogen (secondary N) is 1. The molecule has 0 radical (unpaired) electrons. The molecule has 0 bridgehead atoms. The number of likely N-dealkylation sites (N-methyl/N-ethyl adjacent to an activating group) is 1. The van der Waals surface area contributed by atoms with Gasteiger partial charge in [0.15, 0.2) is 0 Å². The zero-order valence-corrected chi connectivity index (χ0v) is 16.0. The van der Waals surface area contributed by atoms with Crippen molar-refractivity contribution in [2.45, 2.75) is 51.2 Å². The van der Waals surface area contributed by atoms with Crippen LogP contribution < -0.4 is 5.32 Å². The molecule has 1 atom stereocenters. The summed E-state index contributed by atoms with van der Waals surface area (Å²) in [6.07, 6.45) is 2.37. The zero-order chi connectivity index (χ0) is 19.4. The lowest BCUT2D eigenvalue weighted by Gasteiger charge is -2.43. The largest absolute Gasteiger partial charge is 0.480 e. The van der Waals surface area contributed by atoms with E-state index in [4.69, 9.17) is 14.3 Å². The molecule has 1 aliphatic carbocycles. The van der Waals surface area contributed by atoms with E-state index in [-0.39, 0.29) is 30.7 Å². The van der Waals surface area contributed by atoms with Gasteiger partial charge in [-0.05, 0) is 31.5 Å². The van der Waals surface area contributed by atoms with E-state index in [1.807, 2.05) is 30.9 Å². The molecule has 2 N–H and O–H groups in total. The van der Waals surface area contributed by atoms with Crippen LogP contribution in [0.3, 0.4) is 0 Å². The molecule has 8 heteroatoms. The first kappa shape index (κ1) is 19.7. The molecular weight excluding hydrogens is 350 g/mol. The van der Waals surface area contributed by atoms with E-state index in [9.17, 15) is 9.59 Å². The molecule has 2 amide bonds. The summed E-state index contributed by atoms with van der Waals surface area (Å²) in [6, 6.07) is 3.84. The minimum absolute atomic E-state index is 0.0472. The molecule has 1 unspecified atom stereocenters. The van der Waals surface area contributed by atoms with E-state index < -0.39 is 5.97 Å². The van der Waals surface area contributed by atoms with Crippen LogP contribution >= 0.6 is 0 Å². The summed E-state index contributed by atoms with van der Waals surface area (Å²) < 4.78 is 11.4. The molecule has 1 saturated heterocycles. The van der Waals surface area contributed by atoms with Gasteiger partial charge < -0.3 is 24.5 Å². The molecule has 27 heavy (non-hydrogen) atoms. The lowest BCUT2D eigenvalue weighted by Crippen LogP contribution is -2.58. The molecule has 0 spiro atoms. The Balaban J connectivity index is 1.54. The lowest BCUT2D eigenvalue weighted by atomic mass is 9.85. The van der Waals surface area contributed by atoms with Crippen LogP contribution in [0.25, 0.3) is 0 Å². The number of carboxylic acids is 1. The van der Waals surface area contributed by atoms with E-state index in [0.29, 0.717) is 26.3 Å². The van der Waals surface area contributed by atoms with Crippen molar-refractivity contribution >= 4 is 12.0 Å². The SMILES string of the molecule is CCc1ccc(C2COCCN2C(=O)NC2CC(N(CC)CC(=O)O)C2)o1. The van der Waals surface area contributed by atoms with Crippen molar-refractivity contribution in [1.29, 1.82) is 0 Å². The molecule has 3 rings (SSSR count). The number of hydrogen-bond acceptors (Lipinski definition) is 5. The number of amides is 2. The Morgan fingerprint density at radius 3 is 2.74 bits per heavy atom. The Morgan fingerprint density at radius 1 is 1.33 bits per heavy atom. The van der Waals surface area contributed by atoms with E-state index in [2.05, 4.69) is 5.32 Å². The van der Waals surface area contributed by atoms with Crippen LogP contribution in [0.15, 0.2) is 16.5 Å². The van der Waals surface area contributed by atoms with Gasteiger partial charge in [-0.25, -0.2) is 4.79 Å². The third-order valence-corrected chi connectivity index (χ3v) is 5.45. The van der Waals surface area contributed by atoms with Crippen LogP contribution in [0.4, 0.5) is 4.79 Å². The maximum Gasteiger partial charge on any atom is 0.318 e. The molecule has 2 fully saturated rings. The van der Waals surface area contributed by atoms with Gasteiger partial charge in [-0.3, -0.25) is 9.69 Å². The minimum atomic E-state index is -0.814. The first-order chi connectivity index (χ1) is 13.0. The van der Waals surface area contributed by atoms with Gasteiger partial charge in [0.1, 0.15) is 17.6 Å². The number of carboxylic acid groups (broad SMARTS) is 1. The molecule has 2 heterocycles. The monoisotopic (exact) mass is 379 g/mol. The van der Waals surface area contributed by atoms with Crippen LogP contribution in [-0.4, -0.2) is 71.8 Å². The van der Waals surface area contributed by atoms with Crippen LogP contribution in [0.1, 0.15) is 44.3 Å². The van der Waals surface area contributed by atoms with Gasteiger partial charge in [-0.2, -0.15) is 0 Å². The highest BCUT2D eigenvalue weighted by molar-refractivity contribution is 5.75. The number of morpholine rings is 1. The third kappa shape index (κ3) is 4.62.